The van der Waals surface area contributed by atoms with E-state index in [1.807, 2.05) is 0 Å². The van der Waals surface area contributed by atoms with Crippen LogP contribution in [0.2, 0.25) is 5.02 Å². The van der Waals surface area contributed by atoms with Crippen molar-refractivity contribution < 1.29 is 4.39 Å². The topological polar surface area (TPSA) is 76.1 Å². The van der Waals surface area contributed by atoms with Crippen LogP contribution < -0.4 is 10.6 Å². The van der Waals surface area contributed by atoms with E-state index in [1.54, 1.807) is 23.9 Å². The predicted molar refractivity (Wildman–Crippen MR) is 110 cm³/mol. The van der Waals surface area contributed by atoms with Crippen LogP contribution in [0.15, 0.2) is 18.2 Å². The van der Waals surface area contributed by atoms with Crippen LogP contribution >= 0.6 is 11.6 Å². The Hall–Kier alpha value is -2.45. The van der Waals surface area contributed by atoms with Crippen molar-refractivity contribution in [3.05, 3.63) is 29.0 Å². The van der Waals surface area contributed by atoms with E-state index in [9.17, 15) is 4.39 Å². The molecule has 9 heteroatoms. The molecular weight excluding hydrogens is 381 g/mol. The molecule has 0 aliphatic carbocycles. The Bertz CT molecular complexity index is 1020. The number of aryl methyl sites for hydroxylation is 1. The minimum atomic E-state index is -0.472. The number of fused-ring (bicyclic) bond motifs is 1. The van der Waals surface area contributed by atoms with Crippen LogP contribution in [0.1, 0.15) is 13.8 Å². The van der Waals surface area contributed by atoms with Crippen molar-refractivity contribution >= 4 is 34.4 Å². The highest BCUT2D eigenvalue weighted by atomic mass is 35.5. The van der Waals surface area contributed by atoms with Crippen molar-refractivity contribution in [2.45, 2.75) is 19.9 Å². The summed E-state index contributed by atoms with van der Waals surface area (Å²) in [5, 5.41) is 5.12. The maximum atomic E-state index is 13.7. The van der Waals surface area contributed by atoms with E-state index in [4.69, 9.17) is 22.3 Å². The summed E-state index contributed by atoms with van der Waals surface area (Å²) in [6.45, 7) is 7.95. The molecule has 3 heterocycles. The lowest BCUT2D eigenvalue weighted by Gasteiger charge is -2.36. The quantitative estimate of drug-likeness (QED) is 0.724. The maximum absolute atomic E-state index is 13.7. The Morgan fingerprint density at radius 2 is 1.86 bits per heavy atom. The second kappa shape index (κ2) is 7.18. The molecule has 0 unspecified atom stereocenters. The van der Waals surface area contributed by atoms with Gasteiger partial charge in [-0.1, -0.05) is 11.6 Å². The molecule has 148 valence electrons. The van der Waals surface area contributed by atoms with Crippen LogP contribution in [0, 0.1) is 5.82 Å². The monoisotopic (exact) mass is 403 g/mol. The van der Waals surface area contributed by atoms with E-state index < -0.39 is 5.82 Å². The summed E-state index contributed by atoms with van der Waals surface area (Å²) in [5.41, 5.74) is 8.03. The van der Waals surface area contributed by atoms with Gasteiger partial charge in [-0.2, -0.15) is 10.1 Å². The molecule has 1 aromatic carbocycles. The number of aromatic nitrogens is 4. The summed E-state index contributed by atoms with van der Waals surface area (Å²) in [4.78, 5) is 14.0. The van der Waals surface area contributed by atoms with Crippen LogP contribution in [0.3, 0.4) is 0 Å². The van der Waals surface area contributed by atoms with Crippen LogP contribution in [-0.4, -0.2) is 56.9 Å². The molecule has 0 bridgehead atoms. The molecule has 1 saturated heterocycles. The smallest absolute Gasteiger partial charge is 0.228 e. The van der Waals surface area contributed by atoms with E-state index in [0.29, 0.717) is 40.1 Å². The lowest BCUT2D eigenvalue weighted by atomic mass is 10.1. The van der Waals surface area contributed by atoms with Crippen molar-refractivity contribution in [3.8, 4) is 11.3 Å². The number of hydrogen-bond acceptors (Lipinski definition) is 6. The molecule has 0 radical (unpaired) electrons. The standard InChI is InChI=1S/C19H23ClFN7/c1-11(2)27-6-8-28(9-7-27)19-23-16(12-4-5-14(21)13(20)10-12)15-17(22)26(3)25-18(15)24-19/h4-5,10-11H,6-9,22H2,1-3H3. The molecule has 1 fully saturated rings. The average Bonchev–Trinajstić information content (AvgIpc) is 2.97. The molecular formula is C19H23ClFN7. The molecule has 0 atom stereocenters. The summed E-state index contributed by atoms with van der Waals surface area (Å²) in [7, 11) is 1.76. The number of nitrogen functional groups attached to an aromatic ring is 1. The molecule has 0 amide bonds. The van der Waals surface area contributed by atoms with E-state index in [2.05, 4.69) is 33.7 Å². The van der Waals surface area contributed by atoms with Gasteiger partial charge in [0.05, 0.1) is 16.1 Å². The zero-order valence-corrected chi connectivity index (χ0v) is 16.9. The fraction of sp³-hybridized carbons (Fsp3) is 0.421. The van der Waals surface area contributed by atoms with Crippen molar-refractivity contribution in [3.63, 3.8) is 0 Å². The van der Waals surface area contributed by atoms with Gasteiger partial charge in [0.15, 0.2) is 5.65 Å². The Morgan fingerprint density at radius 1 is 1.14 bits per heavy atom. The van der Waals surface area contributed by atoms with E-state index in [0.717, 1.165) is 26.2 Å². The number of nitrogens with zero attached hydrogens (tertiary/aromatic N) is 6. The lowest BCUT2D eigenvalue weighted by molar-refractivity contribution is 0.208. The van der Waals surface area contributed by atoms with E-state index in [-0.39, 0.29) is 5.02 Å². The van der Waals surface area contributed by atoms with Gasteiger partial charge in [-0.05, 0) is 32.0 Å². The third-order valence-electron chi connectivity index (χ3n) is 5.25. The molecule has 7 nitrogen and oxygen atoms in total. The number of halogens is 2. The zero-order chi connectivity index (χ0) is 20.0. The molecule has 1 aliphatic heterocycles. The molecule has 0 spiro atoms. The third kappa shape index (κ3) is 3.27. The van der Waals surface area contributed by atoms with E-state index in [1.165, 1.54) is 6.07 Å². The first kappa shape index (κ1) is 18.9. The number of hydrogen-bond donors (Lipinski definition) is 1. The second-order valence-corrected chi connectivity index (χ2v) is 7.73. The van der Waals surface area contributed by atoms with Gasteiger partial charge in [0, 0.05) is 44.8 Å². The van der Waals surface area contributed by atoms with Crippen molar-refractivity contribution in [1.82, 2.24) is 24.6 Å². The molecule has 28 heavy (non-hydrogen) atoms. The average molecular weight is 404 g/mol. The third-order valence-corrected chi connectivity index (χ3v) is 5.54. The summed E-state index contributed by atoms with van der Waals surface area (Å²) in [6, 6.07) is 5.05. The van der Waals surface area contributed by atoms with E-state index >= 15 is 0 Å². The Labute approximate surface area is 167 Å². The van der Waals surface area contributed by atoms with Gasteiger partial charge in [0.1, 0.15) is 11.6 Å². The highest BCUT2D eigenvalue weighted by Gasteiger charge is 2.24. The largest absolute Gasteiger partial charge is 0.383 e. The predicted octanol–water partition coefficient (Wildman–Crippen LogP) is 2.94. The molecule has 2 aromatic heterocycles. The normalized spacial score (nSPS) is 15.7. The van der Waals surface area contributed by atoms with Gasteiger partial charge in [-0.3, -0.25) is 9.58 Å². The van der Waals surface area contributed by atoms with Crippen molar-refractivity contribution in [1.29, 1.82) is 0 Å². The maximum Gasteiger partial charge on any atom is 0.228 e. The molecule has 4 rings (SSSR count). The summed E-state index contributed by atoms with van der Waals surface area (Å²) < 4.78 is 15.2. The van der Waals surface area contributed by atoms with Gasteiger partial charge >= 0.3 is 0 Å². The van der Waals surface area contributed by atoms with Crippen LogP contribution in [-0.2, 0) is 7.05 Å². The molecule has 0 saturated carbocycles. The number of anilines is 2. The zero-order valence-electron chi connectivity index (χ0n) is 16.2. The van der Waals surface area contributed by atoms with Gasteiger partial charge in [-0.25, -0.2) is 9.37 Å². The van der Waals surface area contributed by atoms with Crippen LogP contribution in [0.5, 0.6) is 0 Å². The second-order valence-electron chi connectivity index (χ2n) is 7.33. The van der Waals surface area contributed by atoms with Gasteiger partial charge < -0.3 is 10.6 Å². The SMILES string of the molecule is CC(C)N1CCN(c2nc(-c3ccc(F)c(Cl)c3)c3c(N)n(C)nc3n2)CC1. The number of rotatable bonds is 3. The van der Waals surface area contributed by atoms with Gasteiger partial charge in [0.25, 0.3) is 0 Å². The molecule has 3 aromatic rings. The van der Waals surface area contributed by atoms with Crippen LogP contribution in [0.25, 0.3) is 22.3 Å². The highest BCUT2D eigenvalue weighted by molar-refractivity contribution is 6.31. The Balaban J connectivity index is 1.80. The Morgan fingerprint density at radius 3 is 2.50 bits per heavy atom. The van der Waals surface area contributed by atoms with Gasteiger partial charge in [0.2, 0.25) is 5.95 Å². The van der Waals surface area contributed by atoms with Crippen molar-refractivity contribution in [2.24, 2.45) is 7.05 Å². The highest BCUT2D eigenvalue weighted by Crippen LogP contribution is 2.33. The Kier molecular flexibility index (Phi) is 4.84. The van der Waals surface area contributed by atoms with Gasteiger partial charge in [-0.15, -0.1) is 0 Å². The van der Waals surface area contributed by atoms with Crippen LogP contribution in [0.4, 0.5) is 16.2 Å². The first-order valence-corrected chi connectivity index (χ1v) is 9.67. The van der Waals surface area contributed by atoms with Crippen molar-refractivity contribution in [2.75, 3.05) is 36.8 Å². The summed E-state index contributed by atoms with van der Waals surface area (Å²) in [5.74, 6) is 0.589. The lowest BCUT2D eigenvalue weighted by Crippen LogP contribution is -2.49. The number of piperazine rings is 1. The molecule has 2 N–H and O–H groups in total. The number of benzene rings is 1. The molecule has 1 aliphatic rings. The summed E-state index contributed by atoms with van der Waals surface area (Å²) >= 11 is 6.01. The first-order valence-electron chi connectivity index (χ1n) is 9.29. The fourth-order valence-electron chi connectivity index (χ4n) is 3.54. The fourth-order valence-corrected chi connectivity index (χ4v) is 3.72. The minimum Gasteiger partial charge on any atom is -0.383 e. The summed E-state index contributed by atoms with van der Waals surface area (Å²) in [6.07, 6.45) is 0. The number of nitrogens with two attached hydrogens (primary N) is 1. The minimum absolute atomic E-state index is 0.0406. The first-order chi connectivity index (χ1) is 13.3.